The molecule has 0 spiro atoms. The summed E-state index contributed by atoms with van der Waals surface area (Å²) >= 11 is 0. The lowest BCUT2D eigenvalue weighted by Gasteiger charge is -2.34. The Morgan fingerprint density at radius 1 is 0.919 bits per heavy atom. The van der Waals surface area contributed by atoms with Gasteiger partial charge >= 0.3 is 0 Å². The van der Waals surface area contributed by atoms with Crippen LogP contribution in [0.4, 0.5) is 0 Å². The fraction of sp³-hybridized carbons (Fsp3) is 0.364. The Labute approximate surface area is 219 Å². The molecular weight excluding hydrogens is 456 g/mol. The minimum Gasteiger partial charge on any atom is -0.494 e. The largest absolute Gasteiger partial charge is 0.494 e. The molecule has 0 amide bonds. The van der Waals surface area contributed by atoms with Gasteiger partial charge in [-0.25, -0.2) is 0 Å². The van der Waals surface area contributed by atoms with Crippen LogP contribution in [0.1, 0.15) is 62.6 Å². The van der Waals surface area contributed by atoms with E-state index in [0.29, 0.717) is 24.1 Å². The second-order valence-corrected chi connectivity index (χ2v) is 10.8. The van der Waals surface area contributed by atoms with Gasteiger partial charge in [-0.3, -0.25) is 4.79 Å². The van der Waals surface area contributed by atoms with Gasteiger partial charge in [-0.1, -0.05) is 80.1 Å². The zero-order chi connectivity index (χ0) is 25.4. The van der Waals surface area contributed by atoms with E-state index in [4.69, 9.17) is 0 Å². The summed E-state index contributed by atoms with van der Waals surface area (Å²) in [4.78, 5) is 16.5. The van der Waals surface area contributed by atoms with Gasteiger partial charge in [0.2, 0.25) is 0 Å². The second-order valence-electron chi connectivity index (χ2n) is 10.8. The molecule has 0 unspecified atom stereocenters. The van der Waals surface area contributed by atoms with E-state index in [-0.39, 0.29) is 0 Å². The molecule has 3 aromatic carbocycles. The highest BCUT2D eigenvalue weighted by atomic mass is 16.3. The van der Waals surface area contributed by atoms with Crippen molar-refractivity contribution in [1.82, 2.24) is 9.47 Å². The lowest BCUT2D eigenvalue weighted by atomic mass is 9.70. The third-order valence-corrected chi connectivity index (χ3v) is 8.72. The molecule has 1 fully saturated rings. The fourth-order valence-corrected chi connectivity index (χ4v) is 6.95. The Balaban J connectivity index is 1.11. The number of hydrogen-bond donors (Lipinski definition) is 1. The van der Waals surface area contributed by atoms with Crippen LogP contribution in [0, 0.1) is 0 Å². The number of piperidine rings is 1. The Bertz CT molecular complexity index is 1380. The SMILES string of the molecule is CCCC1(C(=O)CCCN2CCC(n3cc4ccccc4c3O)CC2)c2ccccc2-c2ccccc21. The predicted molar refractivity (Wildman–Crippen MR) is 150 cm³/mol. The van der Waals surface area contributed by atoms with E-state index in [1.807, 2.05) is 18.2 Å². The summed E-state index contributed by atoms with van der Waals surface area (Å²) in [5, 5.41) is 12.8. The lowest BCUT2D eigenvalue weighted by molar-refractivity contribution is -0.123. The van der Waals surface area contributed by atoms with Crippen molar-refractivity contribution < 1.29 is 9.90 Å². The van der Waals surface area contributed by atoms with Gasteiger partial charge in [-0.2, -0.15) is 0 Å². The van der Waals surface area contributed by atoms with Crippen molar-refractivity contribution in [3.8, 4) is 17.0 Å². The molecule has 1 saturated heterocycles. The number of benzene rings is 3. The third-order valence-electron chi connectivity index (χ3n) is 8.72. The summed E-state index contributed by atoms with van der Waals surface area (Å²) in [6.45, 7) is 5.13. The number of nitrogens with zero attached hydrogens (tertiary/aromatic N) is 2. The summed E-state index contributed by atoms with van der Waals surface area (Å²) in [5.41, 5.74) is 4.33. The van der Waals surface area contributed by atoms with E-state index >= 15 is 0 Å². The van der Waals surface area contributed by atoms with E-state index in [0.717, 1.165) is 62.5 Å². The average molecular weight is 493 g/mol. The molecule has 2 aliphatic rings. The monoisotopic (exact) mass is 492 g/mol. The lowest BCUT2D eigenvalue weighted by Crippen LogP contribution is -2.37. The Hall–Kier alpha value is -3.37. The number of fused-ring (bicyclic) bond motifs is 4. The smallest absolute Gasteiger partial charge is 0.199 e. The Kier molecular flexibility index (Phi) is 6.37. The van der Waals surface area contributed by atoms with Gasteiger partial charge in [-0.15, -0.1) is 0 Å². The summed E-state index contributed by atoms with van der Waals surface area (Å²) in [6.07, 6.45) is 7.45. The van der Waals surface area contributed by atoms with Crippen molar-refractivity contribution in [2.75, 3.05) is 19.6 Å². The fourth-order valence-electron chi connectivity index (χ4n) is 6.95. The standard InChI is InChI=1S/C33H36N2O2/c1-2-19-33(29-14-7-5-12-27(29)28-13-6-8-15-30(28)33)31(36)16-9-20-34-21-17-25(18-22-34)35-23-24-10-3-4-11-26(24)32(35)37/h3-8,10-15,23,25,37H,2,9,16-22H2,1H3. The summed E-state index contributed by atoms with van der Waals surface area (Å²) in [7, 11) is 0. The molecule has 0 atom stereocenters. The molecule has 4 heteroatoms. The summed E-state index contributed by atoms with van der Waals surface area (Å²) in [6, 6.07) is 25.4. The number of carbonyl (C=O) groups excluding carboxylic acids is 1. The Morgan fingerprint density at radius 3 is 2.19 bits per heavy atom. The number of likely N-dealkylation sites (tertiary alicyclic amines) is 1. The molecule has 6 rings (SSSR count). The minimum atomic E-state index is -0.511. The zero-order valence-electron chi connectivity index (χ0n) is 21.7. The van der Waals surface area contributed by atoms with Crippen molar-refractivity contribution in [3.05, 3.63) is 90.1 Å². The van der Waals surface area contributed by atoms with E-state index in [1.165, 1.54) is 22.3 Å². The minimum absolute atomic E-state index is 0.324. The van der Waals surface area contributed by atoms with Crippen LogP contribution in [0.3, 0.4) is 0 Å². The molecule has 37 heavy (non-hydrogen) atoms. The molecule has 1 aliphatic carbocycles. The topological polar surface area (TPSA) is 45.5 Å². The van der Waals surface area contributed by atoms with Crippen molar-refractivity contribution >= 4 is 16.6 Å². The molecule has 4 nitrogen and oxygen atoms in total. The van der Waals surface area contributed by atoms with Crippen LogP contribution in [-0.4, -0.2) is 40.0 Å². The predicted octanol–water partition coefficient (Wildman–Crippen LogP) is 7.10. The molecule has 0 bridgehead atoms. The van der Waals surface area contributed by atoms with Crippen LogP contribution in [0.5, 0.6) is 5.88 Å². The van der Waals surface area contributed by atoms with E-state index in [9.17, 15) is 9.90 Å². The molecule has 190 valence electrons. The number of hydrogen-bond acceptors (Lipinski definition) is 3. The molecule has 0 radical (unpaired) electrons. The molecule has 4 aromatic rings. The maximum atomic E-state index is 14.0. The molecule has 1 aromatic heterocycles. The van der Waals surface area contributed by atoms with Gasteiger partial charge in [0, 0.05) is 42.5 Å². The molecule has 2 heterocycles. The van der Waals surface area contributed by atoms with Gasteiger partial charge < -0.3 is 14.6 Å². The number of rotatable bonds is 8. The van der Waals surface area contributed by atoms with Crippen molar-refractivity contribution in [3.63, 3.8) is 0 Å². The van der Waals surface area contributed by atoms with E-state index < -0.39 is 5.41 Å². The number of Topliss-reactive ketones (excluding diaryl/α,β-unsaturated/α-hetero) is 1. The maximum Gasteiger partial charge on any atom is 0.199 e. The zero-order valence-corrected chi connectivity index (χ0v) is 21.7. The average Bonchev–Trinajstić information content (AvgIpc) is 3.43. The molecule has 1 aliphatic heterocycles. The highest BCUT2D eigenvalue weighted by Crippen LogP contribution is 2.52. The first-order valence-corrected chi connectivity index (χ1v) is 13.9. The maximum absolute atomic E-state index is 14.0. The highest BCUT2D eigenvalue weighted by molar-refractivity contribution is 6.01. The third kappa shape index (κ3) is 3.99. The van der Waals surface area contributed by atoms with Crippen molar-refractivity contribution in [2.24, 2.45) is 0 Å². The van der Waals surface area contributed by atoms with Crippen LogP contribution in [0.15, 0.2) is 79.0 Å². The first kappa shape index (κ1) is 24.0. The van der Waals surface area contributed by atoms with Crippen LogP contribution in [0.2, 0.25) is 0 Å². The normalized spacial score (nSPS) is 17.1. The highest BCUT2D eigenvalue weighted by Gasteiger charge is 2.47. The summed E-state index contributed by atoms with van der Waals surface area (Å²) in [5.74, 6) is 0.753. The van der Waals surface area contributed by atoms with Crippen molar-refractivity contribution in [1.29, 1.82) is 0 Å². The second kappa shape index (κ2) is 9.83. The van der Waals surface area contributed by atoms with Crippen LogP contribution < -0.4 is 0 Å². The van der Waals surface area contributed by atoms with Gasteiger partial charge in [0.05, 0.1) is 5.41 Å². The number of carbonyl (C=O) groups is 1. The molecular formula is C33H36N2O2. The molecule has 1 N–H and O–H groups in total. The quantitative estimate of drug-likeness (QED) is 0.285. The molecule has 0 saturated carbocycles. The first-order valence-electron chi connectivity index (χ1n) is 13.9. The Morgan fingerprint density at radius 2 is 1.54 bits per heavy atom. The van der Waals surface area contributed by atoms with Crippen LogP contribution >= 0.6 is 0 Å². The number of aromatic nitrogens is 1. The van der Waals surface area contributed by atoms with Gasteiger partial charge in [0.25, 0.3) is 0 Å². The number of ketones is 1. The van der Waals surface area contributed by atoms with Gasteiger partial charge in [-0.05, 0) is 60.5 Å². The van der Waals surface area contributed by atoms with E-state index in [1.54, 1.807) is 0 Å². The van der Waals surface area contributed by atoms with Crippen LogP contribution in [-0.2, 0) is 10.2 Å². The summed E-state index contributed by atoms with van der Waals surface area (Å²) < 4.78 is 2.06. The number of aromatic hydroxyl groups is 1. The van der Waals surface area contributed by atoms with Gasteiger partial charge in [0.1, 0.15) is 5.78 Å². The van der Waals surface area contributed by atoms with Gasteiger partial charge in [0.15, 0.2) is 5.88 Å². The first-order chi connectivity index (χ1) is 18.1. The van der Waals surface area contributed by atoms with E-state index in [2.05, 4.69) is 77.2 Å². The van der Waals surface area contributed by atoms with Crippen molar-refractivity contribution in [2.45, 2.75) is 56.9 Å². The van der Waals surface area contributed by atoms with Crippen LogP contribution in [0.25, 0.3) is 21.9 Å².